The van der Waals surface area contributed by atoms with Gasteiger partial charge in [-0.05, 0) is 42.3 Å². The van der Waals surface area contributed by atoms with Gasteiger partial charge in [-0.3, -0.25) is 9.10 Å². The summed E-state index contributed by atoms with van der Waals surface area (Å²) in [5, 5.41) is 2.92. The summed E-state index contributed by atoms with van der Waals surface area (Å²) in [6.07, 6.45) is 0. The lowest BCUT2D eigenvalue weighted by Crippen LogP contribution is -2.33. The molecule has 0 saturated carbocycles. The summed E-state index contributed by atoms with van der Waals surface area (Å²) in [4.78, 5) is 13.4. The van der Waals surface area contributed by atoms with Crippen molar-refractivity contribution in [1.82, 2.24) is 5.32 Å². The third-order valence-corrected chi connectivity index (χ3v) is 7.27. The molecule has 34 heavy (non-hydrogen) atoms. The molecule has 0 saturated heterocycles. The number of benzene rings is 4. The summed E-state index contributed by atoms with van der Waals surface area (Å²) >= 11 is 0. The molecule has 0 fully saturated rings. The van der Waals surface area contributed by atoms with Crippen LogP contribution in [0.5, 0.6) is 0 Å². The molecule has 0 spiro atoms. The lowest BCUT2D eigenvalue weighted by atomic mass is 10.1. The average Bonchev–Trinajstić information content (AvgIpc) is 2.88. The Hall–Kier alpha value is -3.90. The largest absolute Gasteiger partial charge is 0.348 e. The maximum Gasteiger partial charge on any atom is 0.264 e. The predicted molar refractivity (Wildman–Crippen MR) is 135 cm³/mol. The molecule has 0 atom stereocenters. The van der Waals surface area contributed by atoms with E-state index < -0.39 is 10.0 Å². The van der Waals surface area contributed by atoms with Crippen molar-refractivity contribution in [1.29, 1.82) is 0 Å². The molecule has 0 aliphatic carbocycles. The van der Waals surface area contributed by atoms with E-state index in [-0.39, 0.29) is 17.3 Å². The van der Waals surface area contributed by atoms with Crippen molar-refractivity contribution in [3.63, 3.8) is 0 Å². The van der Waals surface area contributed by atoms with Crippen LogP contribution in [0.1, 0.15) is 27.0 Å². The van der Waals surface area contributed by atoms with Crippen LogP contribution >= 0.6 is 0 Å². The number of carbonyl (C=O) groups excluding carboxylic acids is 1. The van der Waals surface area contributed by atoms with Gasteiger partial charge in [0.1, 0.15) is 0 Å². The Bertz CT molecular complexity index is 1350. The fourth-order valence-corrected chi connectivity index (χ4v) is 5.13. The summed E-state index contributed by atoms with van der Waals surface area (Å²) < 4.78 is 28.7. The van der Waals surface area contributed by atoms with Gasteiger partial charge >= 0.3 is 0 Å². The van der Waals surface area contributed by atoms with Crippen molar-refractivity contribution >= 4 is 21.6 Å². The Morgan fingerprint density at radius 2 is 1.32 bits per heavy atom. The van der Waals surface area contributed by atoms with E-state index in [9.17, 15) is 13.2 Å². The lowest BCUT2D eigenvalue weighted by Gasteiger charge is -2.26. The molecule has 4 aromatic rings. The van der Waals surface area contributed by atoms with E-state index >= 15 is 0 Å². The monoisotopic (exact) mass is 470 g/mol. The quantitative estimate of drug-likeness (QED) is 0.379. The molecule has 0 radical (unpaired) electrons. The van der Waals surface area contributed by atoms with Crippen LogP contribution in [0, 0.1) is 6.92 Å². The number of amides is 1. The fraction of sp³-hybridized carbons (Fsp3) is 0.107. The van der Waals surface area contributed by atoms with Gasteiger partial charge in [0.25, 0.3) is 15.9 Å². The number of rotatable bonds is 8. The van der Waals surface area contributed by atoms with Crippen LogP contribution in [0.4, 0.5) is 5.69 Å². The number of carbonyl (C=O) groups is 1. The van der Waals surface area contributed by atoms with Crippen LogP contribution in [0.3, 0.4) is 0 Å². The molecule has 0 bridgehead atoms. The Morgan fingerprint density at radius 1 is 0.735 bits per heavy atom. The summed E-state index contributed by atoms with van der Waals surface area (Å²) in [5.74, 6) is -0.336. The van der Waals surface area contributed by atoms with Crippen molar-refractivity contribution in [3.8, 4) is 0 Å². The summed E-state index contributed by atoms with van der Waals surface area (Å²) in [6.45, 7) is 2.45. The Kier molecular flexibility index (Phi) is 7.09. The number of nitrogens with zero attached hydrogens (tertiary/aromatic N) is 1. The molecule has 172 valence electrons. The molecule has 0 aliphatic rings. The fourth-order valence-electron chi connectivity index (χ4n) is 3.64. The van der Waals surface area contributed by atoms with E-state index in [2.05, 4.69) is 5.32 Å². The molecule has 1 N–H and O–H groups in total. The van der Waals surface area contributed by atoms with Crippen LogP contribution in [-0.4, -0.2) is 14.3 Å². The van der Waals surface area contributed by atoms with E-state index in [1.165, 1.54) is 4.31 Å². The molecular weight excluding hydrogens is 444 g/mol. The minimum Gasteiger partial charge on any atom is -0.348 e. The Morgan fingerprint density at radius 3 is 2.00 bits per heavy atom. The highest BCUT2D eigenvalue weighted by atomic mass is 32.2. The second-order valence-corrected chi connectivity index (χ2v) is 9.86. The van der Waals surface area contributed by atoms with Gasteiger partial charge in [-0.15, -0.1) is 0 Å². The van der Waals surface area contributed by atoms with Gasteiger partial charge in [0, 0.05) is 6.54 Å². The number of para-hydroxylation sites is 1. The van der Waals surface area contributed by atoms with Gasteiger partial charge in [-0.2, -0.15) is 0 Å². The van der Waals surface area contributed by atoms with Gasteiger partial charge in [-0.25, -0.2) is 8.42 Å². The number of sulfonamides is 1. The highest BCUT2D eigenvalue weighted by Crippen LogP contribution is 2.29. The molecule has 0 aromatic heterocycles. The van der Waals surface area contributed by atoms with E-state index in [1.54, 1.807) is 54.6 Å². The second-order valence-electron chi connectivity index (χ2n) is 8.00. The van der Waals surface area contributed by atoms with Crippen molar-refractivity contribution in [2.45, 2.75) is 24.9 Å². The normalized spacial score (nSPS) is 11.1. The maximum atomic E-state index is 13.7. The Balaban J connectivity index is 1.70. The third-order valence-electron chi connectivity index (χ3n) is 5.49. The first-order chi connectivity index (χ1) is 16.4. The highest BCUT2D eigenvalue weighted by Gasteiger charge is 2.28. The molecule has 0 unspecified atom stereocenters. The minimum atomic E-state index is -3.93. The van der Waals surface area contributed by atoms with Gasteiger partial charge in [-0.1, -0.05) is 90.5 Å². The minimum absolute atomic E-state index is 0.0975. The lowest BCUT2D eigenvalue weighted by molar-refractivity contribution is 0.0951. The smallest absolute Gasteiger partial charge is 0.264 e. The number of hydrogen-bond acceptors (Lipinski definition) is 3. The third kappa shape index (κ3) is 5.35. The second kappa shape index (κ2) is 10.4. The molecule has 6 heteroatoms. The summed E-state index contributed by atoms with van der Waals surface area (Å²) in [6, 6.07) is 32.3. The van der Waals surface area contributed by atoms with Gasteiger partial charge < -0.3 is 5.32 Å². The van der Waals surface area contributed by atoms with Gasteiger partial charge in [0.2, 0.25) is 0 Å². The van der Waals surface area contributed by atoms with E-state index in [0.29, 0.717) is 17.8 Å². The van der Waals surface area contributed by atoms with E-state index in [4.69, 9.17) is 0 Å². The zero-order valence-electron chi connectivity index (χ0n) is 18.9. The summed E-state index contributed by atoms with van der Waals surface area (Å²) in [7, 11) is -3.93. The number of aryl methyl sites for hydroxylation is 1. The van der Waals surface area contributed by atoms with Crippen molar-refractivity contribution in [2.75, 3.05) is 4.31 Å². The van der Waals surface area contributed by atoms with Gasteiger partial charge in [0.05, 0.1) is 22.7 Å². The topological polar surface area (TPSA) is 66.5 Å². The van der Waals surface area contributed by atoms with Crippen LogP contribution in [0.15, 0.2) is 114 Å². The zero-order chi connectivity index (χ0) is 24.0. The Labute approximate surface area is 200 Å². The van der Waals surface area contributed by atoms with Crippen LogP contribution in [-0.2, 0) is 23.1 Å². The molecular formula is C28H26N2O3S. The molecule has 4 aromatic carbocycles. The van der Waals surface area contributed by atoms with Crippen LogP contribution in [0.25, 0.3) is 0 Å². The molecule has 0 aliphatic heterocycles. The molecule has 0 heterocycles. The first-order valence-electron chi connectivity index (χ1n) is 11.0. The maximum absolute atomic E-state index is 13.7. The number of hydrogen-bond donors (Lipinski definition) is 1. The van der Waals surface area contributed by atoms with E-state index in [1.807, 2.05) is 61.5 Å². The predicted octanol–water partition coefficient (Wildman–Crippen LogP) is 5.32. The highest BCUT2D eigenvalue weighted by molar-refractivity contribution is 7.92. The molecule has 1 amide bonds. The first kappa shape index (κ1) is 23.3. The average molecular weight is 471 g/mol. The van der Waals surface area contributed by atoms with Gasteiger partial charge in [0.15, 0.2) is 0 Å². The summed E-state index contributed by atoms with van der Waals surface area (Å²) in [5.41, 5.74) is 3.55. The van der Waals surface area contributed by atoms with Crippen LogP contribution < -0.4 is 9.62 Å². The SMILES string of the molecule is Cc1ccc(CNC(=O)c2ccccc2N(Cc2ccccc2)S(=O)(=O)c2ccccc2)cc1. The number of anilines is 1. The van der Waals surface area contributed by atoms with Crippen LogP contribution in [0.2, 0.25) is 0 Å². The standard InChI is InChI=1S/C28H26N2O3S/c1-22-16-18-23(19-17-22)20-29-28(31)26-14-8-9-15-27(26)30(21-24-10-4-2-5-11-24)34(32,33)25-12-6-3-7-13-25/h2-19H,20-21H2,1H3,(H,29,31). The zero-order valence-corrected chi connectivity index (χ0v) is 19.7. The molecule has 4 rings (SSSR count). The number of nitrogens with one attached hydrogen (secondary N) is 1. The van der Waals surface area contributed by atoms with E-state index in [0.717, 1.165) is 16.7 Å². The van der Waals surface area contributed by atoms with Crippen molar-refractivity contribution < 1.29 is 13.2 Å². The van der Waals surface area contributed by atoms with Crippen molar-refractivity contribution in [3.05, 3.63) is 131 Å². The molecule has 5 nitrogen and oxygen atoms in total. The first-order valence-corrected chi connectivity index (χ1v) is 12.4. The van der Waals surface area contributed by atoms with Crippen molar-refractivity contribution in [2.24, 2.45) is 0 Å².